The fourth-order valence-corrected chi connectivity index (χ4v) is 3.38. The van der Waals surface area contributed by atoms with Gasteiger partial charge in [0, 0.05) is 18.9 Å². The summed E-state index contributed by atoms with van der Waals surface area (Å²) in [6.45, 7) is 7.18. The predicted octanol–water partition coefficient (Wildman–Crippen LogP) is 1.59. The van der Waals surface area contributed by atoms with Crippen LogP contribution in [0.3, 0.4) is 0 Å². The molecule has 4 atom stereocenters. The average Bonchev–Trinajstić information content (AvgIpc) is 3.34. The maximum absolute atomic E-state index is 13.1. The summed E-state index contributed by atoms with van der Waals surface area (Å²) in [5, 5.41) is 5.69. The second kappa shape index (κ2) is 11.3. The smallest absolute Gasteiger partial charge is 0.253 e. The lowest BCUT2D eigenvalue weighted by Crippen LogP contribution is -2.53. The fourth-order valence-electron chi connectivity index (χ4n) is 3.38. The van der Waals surface area contributed by atoms with Crippen LogP contribution in [0.5, 0.6) is 0 Å². The van der Waals surface area contributed by atoms with Gasteiger partial charge in [0.05, 0.1) is 11.7 Å². The van der Waals surface area contributed by atoms with Gasteiger partial charge in [-0.1, -0.05) is 20.8 Å². The third kappa shape index (κ3) is 6.95. The highest BCUT2D eigenvalue weighted by Crippen LogP contribution is 2.19. The lowest BCUT2D eigenvalue weighted by Gasteiger charge is -2.25. The van der Waals surface area contributed by atoms with Gasteiger partial charge in [0.1, 0.15) is 18.7 Å². The molecule has 2 heterocycles. The van der Waals surface area contributed by atoms with Gasteiger partial charge in [-0.15, -0.1) is 0 Å². The van der Waals surface area contributed by atoms with Crippen molar-refractivity contribution in [3.8, 4) is 0 Å². The summed E-state index contributed by atoms with van der Waals surface area (Å²) in [4.78, 5) is 42.8. The lowest BCUT2D eigenvalue weighted by atomic mass is 9.91. The Morgan fingerprint density at radius 1 is 1.27 bits per heavy atom. The zero-order valence-electron chi connectivity index (χ0n) is 18.7. The Hall–Kier alpha value is -2.19. The van der Waals surface area contributed by atoms with E-state index in [2.05, 4.69) is 36.4 Å². The molecular weight excluding hydrogens is 384 g/mol. The molecule has 0 radical (unpaired) electrons. The largest absolute Gasteiger partial charge is 0.368 e. The third-order valence-electron chi connectivity index (χ3n) is 5.85. The standard InChI is InChI=1S/C22H36N4O4/c1-14(2)15(3)6-7-17(24-21(28)16-8-10-23-12-16)22(29)25-20-18(27)13-30-19(20)9-11-26(4)5/h8,10,12,14-15,17,19-20,23H,6-7,9,11,13H2,1-5H3,(H,24,28)(H,25,29)/t15?,17-,19?,20?/m0/s1. The first-order chi connectivity index (χ1) is 14.2. The number of aromatic amines is 1. The molecule has 0 saturated carbocycles. The summed E-state index contributed by atoms with van der Waals surface area (Å²) in [7, 11) is 3.90. The van der Waals surface area contributed by atoms with E-state index >= 15 is 0 Å². The van der Waals surface area contributed by atoms with Crippen molar-refractivity contribution < 1.29 is 19.1 Å². The SMILES string of the molecule is CC(C)C(C)CC[C@H](NC(=O)c1cc[nH]c1)C(=O)NC1C(=O)COC1CCN(C)C. The molecule has 1 aromatic heterocycles. The number of nitrogens with zero attached hydrogens (tertiary/aromatic N) is 1. The lowest BCUT2D eigenvalue weighted by molar-refractivity contribution is -0.127. The Morgan fingerprint density at radius 3 is 2.60 bits per heavy atom. The third-order valence-corrected chi connectivity index (χ3v) is 5.85. The minimum Gasteiger partial charge on any atom is -0.368 e. The molecule has 1 aliphatic heterocycles. The number of ether oxygens (including phenoxy) is 1. The maximum Gasteiger partial charge on any atom is 0.253 e. The van der Waals surface area contributed by atoms with Crippen LogP contribution >= 0.6 is 0 Å². The highest BCUT2D eigenvalue weighted by atomic mass is 16.5. The first kappa shape index (κ1) is 24.1. The summed E-state index contributed by atoms with van der Waals surface area (Å²) in [6, 6.07) is 0.273. The minimum atomic E-state index is -0.712. The monoisotopic (exact) mass is 420 g/mol. The Morgan fingerprint density at radius 2 is 2.00 bits per heavy atom. The van der Waals surface area contributed by atoms with Gasteiger partial charge in [-0.3, -0.25) is 14.4 Å². The second-order valence-corrected chi connectivity index (χ2v) is 8.82. The van der Waals surface area contributed by atoms with Gasteiger partial charge in [0.2, 0.25) is 5.91 Å². The number of H-pyrrole nitrogens is 1. The van der Waals surface area contributed by atoms with Gasteiger partial charge >= 0.3 is 0 Å². The molecule has 30 heavy (non-hydrogen) atoms. The van der Waals surface area contributed by atoms with Crippen LogP contribution in [-0.2, 0) is 14.3 Å². The van der Waals surface area contributed by atoms with Crippen molar-refractivity contribution >= 4 is 17.6 Å². The van der Waals surface area contributed by atoms with Crippen molar-refractivity contribution in [1.29, 1.82) is 0 Å². The number of carbonyl (C=O) groups is 3. The Kier molecular flexibility index (Phi) is 9.05. The summed E-state index contributed by atoms with van der Waals surface area (Å²) in [5.74, 6) is 0.113. The molecule has 2 amide bonds. The van der Waals surface area contributed by atoms with E-state index in [0.29, 0.717) is 30.2 Å². The normalized spacial score (nSPS) is 21.1. The average molecular weight is 421 g/mol. The van der Waals surface area contributed by atoms with E-state index in [1.807, 2.05) is 19.0 Å². The first-order valence-corrected chi connectivity index (χ1v) is 10.7. The number of rotatable bonds is 11. The summed E-state index contributed by atoms with van der Waals surface area (Å²) >= 11 is 0. The summed E-state index contributed by atoms with van der Waals surface area (Å²) in [6.07, 6.45) is 4.85. The number of Topliss-reactive ketones (excluding diaryl/α,β-unsaturated/α-hetero) is 1. The number of nitrogens with one attached hydrogen (secondary N) is 3. The molecule has 3 unspecified atom stereocenters. The van der Waals surface area contributed by atoms with Crippen molar-refractivity contribution in [2.75, 3.05) is 27.2 Å². The second-order valence-electron chi connectivity index (χ2n) is 8.82. The number of amides is 2. The molecule has 2 rings (SSSR count). The Labute approximate surface area is 179 Å². The molecule has 0 spiro atoms. The predicted molar refractivity (Wildman–Crippen MR) is 115 cm³/mol. The number of carbonyl (C=O) groups excluding carboxylic acids is 3. The molecule has 0 bridgehead atoms. The molecule has 8 nitrogen and oxygen atoms in total. The molecule has 1 saturated heterocycles. The number of hydrogen-bond donors (Lipinski definition) is 3. The van der Waals surface area contributed by atoms with E-state index in [4.69, 9.17) is 4.74 Å². The van der Waals surface area contributed by atoms with Gasteiger partial charge in [0.15, 0.2) is 5.78 Å². The zero-order valence-corrected chi connectivity index (χ0v) is 18.7. The van der Waals surface area contributed by atoms with E-state index < -0.39 is 12.1 Å². The van der Waals surface area contributed by atoms with Crippen molar-refractivity contribution in [2.24, 2.45) is 11.8 Å². The van der Waals surface area contributed by atoms with Crippen molar-refractivity contribution in [1.82, 2.24) is 20.5 Å². The van der Waals surface area contributed by atoms with Crippen molar-refractivity contribution in [3.05, 3.63) is 24.0 Å². The molecular formula is C22H36N4O4. The Bertz CT molecular complexity index is 702. The molecule has 168 valence electrons. The molecule has 0 aromatic carbocycles. The van der Waals surface area contributed by atoms with E-state index in [1.54, 1.807) is 18.5 Å². The molecule has 8 heteroatoms. The highest BCUT2D eigenvalue weighted by molar-refractivity contribution is 5.98. The molecule has 1 aromatic rings. The minimum absolute atomic E-state index is 0.00774. The van der Waals surface area contributed by atoms with Crippen LogP contribution < -0.4 is 10.6 Å². The van der Waals surface area contributed by atoms with Gasteiger partial charge in [-0.25, -0.2) is 0 Å². The van der Waals surface area contributed by atoms with E-state index in [1.165, 1.54) is 0 Å². The van der Waals surface area contributed by atoms with E-state index in [0.717, 1.165) is 13.0 Å². The van der Waals surface area contributed by atoms with E-state index in [-0.39, 0.29) is 30.3 Å². The first-order valence-electron chi connectivity index (χ1n) is 10.7. The van der Waals surface area contributed by atoms with Gasteiger partial charge in [0.25, 0.3) is 5.91 Å². The molecule has 0 aliphatic carbocycles. The fraction of sp³-hybridized carbons (Fsp3) is 0.682. The maximum atomic E-state index is 13.1. The van der Waals surface area contributed by atoms with Crippen LogP contribution in [-0.4, -0.2) is 72.9 Å². The van der Waals surface area contributed by atoms with Crippen molar-refractivity contribution in [2.45, 2.75) is 58.2 Å². The van der Waals surface area contributed by atoms with Crippen LogP contribution in [0.1, 0.15) is 50.4 Å². The molecule has 3 N–H and O–H groups in total. The zero-order chi connectivity index (χ0) is 22.3. The number of ketones is 1. The van der Waals surface area contributed by atoms with Crippen molar-refractivity contribution in [3.63, 3.8) is 0 Å². The van der Waals surface area contributed by atoms with Gasteiger partial charge < -0.3 is 25.3 Å². The van der Waals surface area contributed by atoms with Crippen LogP contribution in [0.4, 0.5) is 0 Å². The highest BCUT2D eigenvalue weighted by Gasteiger charge is 2.38. The molecule has 1 fully saturated rings. The summed E-state index contributed by atoms with van der Waals surface area (Å²) in [5.41, 5.74) is 0.467. The van der Waals surface area contributed by atoms with Gasteiger partial charge in [-0.2, -0.15) is 0 Å². The van der Waals surface area contributed by atoms with Crippen LogP contribution in [0.2, 0.25) is 0 Å². The van der Waals surface area contributed by atoms with E-state index in [9.17, 15) is 14.4 Å². The Balaban J connectivity index is 2.06. The van der Waals surface area contributed by atoms with Crippen LogP contribution in [0.15, 0.2) is 18.5 Å². The number of hydrogen-bond acceptors (Lipinski definition) is 5. The number of aromatic nitrogens is 1. The quantitative estimate of drug-likeness (QED) is 0.504. The van der Waals surface area contributed by atoms with Gasteiger partial charge in [-0.05, 0) is 51.3 Å². The topological polar surface area (TPSA) is 104 Å². The van der Waals surface area contributed by atoms with Crippen LogP contribution in [0, 0.1) is 11.8 Å². The summed E-state index contributed by atoms with van der Waals surface area (Å²) < 4.78 is 5.60. The van der Waals surface area contributed by atoms with Crippen LogP contribution in [0.25, 0.3) is 0 Å². The molecule has 1 aliphatic rings.